The Bertz CT molecular complexity index is 1140. The van der Waals surface area contributed by atoms with Crippen LogP contribution in [0.4, 0.5) is 0 Å². The third kappa shape index (κ3) is 2.48. The van der Waals surface area contributed by atoms with Crippen LogP contribution in [-0.4, -0.2) is 74.8 Å². The van der Waals surface area contributed by atoms with E-state index in [4.69, 9.17) is 5.73 Å². The van der Waals surface area contributed by atoms with Gasteiger partial charge in [0.2, 0.25) is 11.6 Å². The number of hydrogen-bond donors (Lipinski definition) is 7. The SMILES string of the molecule is C[C@H]1c2cccc(O)c2C(O)=C2C(=O)[C@]3(O)C(O)=C(C(N)=O)C(=O)[C@@H]([NH+](C)C)[C@@H]3[C@H](O)[C@H]21. The first-order chi connectivity index (χ1) is 14.9. The van der Waals surface area contributed by atoms with Gasteiger partial charge in [-0.3, -0.25) is 14.4 Å². The Balaban J connectivity index is 2.07. The van der Waals surface area contributed by atoms with Crippen molar-refractivity contribution in [2.75, 3.05) is 14.1 Å². The third-order valence-electron chi connectivity index (χ3n) is 7.09. The molecule has 0 saturated heterocycles. The molecule has 8 N–H and O–H groups in total. The number of nitrogens with one attached hydrogen (secondary N) is 1. The van der Waals surface area contributed by atoms with Crippen LogP contribution in [0.15, 0.2) is 35.1 Å². The zero-order valence-electron chi connectivity index (χ0n) is 17.7. The smallest absolute Gasteiger partial charge is 0.256 e. The fourth-order valence-corrected chi connectivity index (χ4v) is 5.67. The van der Waals surface area contributed by atoms with E-state index in [1.807, 2.05) is 0 Å². The number of aliphatic hydroxyl groups is 4. The molecular formula is C22H25N2O8+. The standard InChI is InChI=1S/C22H24N2O8/c1-7-8-5-4-6-9(25)11(8)16(26)12-10(7)17(27)14-15(24(2)3)18(28)13(21(23)31)20(30)22(14,32)19(12)29/h4-7,10,14-15,17,25-27,30,32H,1-3H3,(H2,23,31)/p+1/t7-,10-,14+,15-,17+,22-/m0/s1. The van der Waals surface area contributed by atoms with Crippen LogP contribution in [0.25, 0.3) is 5.76 Å². The highest BCUT2D eigenvalue weighted by Gasteiger charge is 2.69. The summed E-state index contributed by atoms with van der Waals surface area (Å²) in [6.07, 6.45) is -1.57. The van der Waals surface area contributed by atoms with Crippen LogP contribution in [0.5, 0.6) is 5.75 Å². The van der Waals surface area contributed by atoms with Gasteiger partial charge in [-0.05, 0) is 17.5 Å². The minimum absolute atomic E-state index is 0.0193. The van der Waals surface area contributed by atoms with Crippen LogP contribution in [0.2, 0.25) is 0 Å². The van der Waals surface area contributed by atoms with Gasteiger partial charge >= 0.3 is 0 Å². The van der Waals surface area contributed by atoms with Crippen molar-refractivity contribution >= 4 is 23.2 Å². The van der Waals surface area contributed by atoms with Gasteiger partial charge in [0.1, 0.15) is 22.8 Å². The van der Waals surface area contributed by atoms with Crippen LogP contribution in [0, 0.1) is 11.8 Å². The Morgan fingerprint density at radius 3 is 2.34 bits per heavy atom. The van der Waals surface area contributed by atoms with Gasteiger partial charge in [-0.1, -0.05) is 19.1 Å². The number of aromatic hydroxyl groups is 1. The number of quaternary nitrogens is 1. The molecule has 1 saturated carbocycles. The van der Waals surface area contributed by atoms with Gasteiger partial charge in [0, 0.05) is 11.5 Å². The quantitative estimate of drug-likeness (QED) is 0.257. The van der Waals surface area contributed by atoms with E-state index in [2.05, 4.69) is 0 Å². The lowest BCUT2D eigenvalue weighted by atomic mass is 9.54. The molecule has 6 atom stereocenters. The first-order valence-corrected chi connectivity index (χ1v) is 10.2. The predicted molar refractivity (Wildman–Crippen MR) is 109 cm³/mol. The summed E-state index contributed by atoms with van der Waals surface area (Å²) in [5.41, 5.74) is 1.54. The number of likely N-dealkylation sites (N-methyl/N-ethyl adjacent to an activating group) is 1. The highest BCUT2D eigenvalue weighted by Crippen LogP contribution is 2.55. The first-order valence-electron chi connectivity index (χ1n) is 10.2. The van der Waals surface area contributed by atoms with E-state index in [1.165, 1.54) is 6.07 Å². The molecular weight excluding hydrogens is 420 g/mol. The molecule has 3 aliphatic carbocycles. The molecule has 1 aromatic rings. The molecule has 10 nitrogen and oxygen atoms in total. The Labute approximate surface area is 182 Å². The second-order valence-electron chi connectivity index (χ2n) is 8.94. The van der Waals surface area contributed by atoms with Gasteiger partial charge in [-0.25, -0.2) is 0 Å². The molecule has 0 heterocycles. The van der Waals surface area contributed by atoms with Crippen molar-refractivity contribution in [1.29, 1.82) is 0 Å². The van der Waals surface area contributed by atoms with E-state index in [0.717, 1.165) is 0 Å². The summed E-state index contributed by atoms with van der Waals surface area (Å²) in [5, 5.41) is 54.9. The molecule has 0 spiro atoms. The van der Waals surface area contributed by atoms with Crippen LogP contribution < -0.4 is 10.6 Å². The van der Waals surface area contributed by atoms with Crippen LogP contribution in [0.1, 0.15) is 24.0 Å². The number of amides is 1. The highest BCUT2D eigenvalue weighted by atomic mass is 16.4. The first kappa shape index (κ1) is 22.0. The lowest BCUT2D eigenvalue weighted by Crippen LogP contribution is -3.13. The van der Waals surface area contributed by atoms with Gasteiger partial charge in [0.25, 0.3) is 5.91 Å². The monoisotopic (exact) mass is 445 g/mol. The van der Waals surface area contributed by atoms with Crippen molar-refractivity contribution < 1.29 is 44.8 Å². The van der Waals surface area contributed by atoms with Crippen molar-refractivity contribution in [2.45, 2.75) is 30.6 Å². The average molecular weight is 445 g/mol. The number of fused-ring (bicyclic) bond motifs is 3. The van der Waals surface area contributed by atoms with E-state index in [1.54, 1.807) is 33.2 Å². The topological polar surface area (TPSA) is 183 Å². The number of hydrogen-bond acceptors (Lipinski definition) is 8. The summed E-state index contributed by atoms with van der Waals surface area (Å²) in [5.74, 6) is -8.72. The summed E-state index contributed by atoms with van der Waals surface area (Å²) in [6, 6.07) is 3.23. The molecule has 1 fully saturated rings. The summed E-state index contributed by atoms with van der Waals surface area (Å²) in [4.78, 5) is 39.1. The number of benzene rings is 1. The Hall–Kier alpha value is -3.21. The molecule has 0 bridgehead atoms. The van der Waals surface area contributed by atoms with Crippen molar-refractivity contribution in [2.24, 2.45) is 17.6 Å². The number of carbonyl (C=O) groups excluding carboxylic acids is 3. The number of phenols is 1. The van der Waals surface area contributed by atoms with Crippen molar-refractivity contribution in [3.8, 4) is 5.75 Å². The Morgan fingerprint density at radius 2 is 1.78 bits per heavy atom. The highest BCUT2D eigenvalue weighted by molar-refractivity contribution is 6.24. The second-order valence-corrected chi connectivity index (χ2v) is 8.94. The molecule has 3 aliphatic rings. The molecule has 0 unspecified atom stereocenters. The number of Topliss-reactive ketones (excluding diaryl/α,β-unsaturated/α-hetero) is 2. The van der Waals surface area contributed by atoms with Gasteiger partial charge in [-0.2, -0.15) is 0 Å². The summed E-state index contributed by atoms with van der Waals surface area (Å²) in [6.45, 7) is 1.68. The molecule has 0 radical (unpaired) electrons. The number of ketones is 2. The number of phenolic OH excluding ortho intramolecular Hbond substituents is 1. The average Bonchev–Trinajstić information content (AvgIpc) is 2.70. The predicted octanol–water partition coefficient (Wildman–Crippen LogP) is -1.92. The zero-order chi connectivity index (χ0) is 23.9. The van der Waals surface area contributed by atoms with Crippen molar-refractivity contribution in [1.82, 2.24) is 0 Å². The molecule has 32 heavy (non-hydrogen) atoms. The van der Waals surface area contributed by atoms with Crippen LogP contribution >= 0.6 is 0 Å². The van der Waals surface area contributed by atoms with Gasteiger partial charge in [0.15, 0.2) is 11.6 Å². The lowest BCUT2D eigenvalue weighted by molar-refractivity contribution is -0.881. The zero-order valence-corrected chi connectivity index (χ0v) is 17.7. The minimum atomic E-state index is -2.87. The summed E-state index contributed by atoms with van der Waals surface area (Å²) in [7, 11) is 3.09. The second kappa shape index (κ2) is 6.89. The molecule has 1 aromatic carbocycles. The van der Waals surface area contributed by atoms with E-state index in [0.29, 0.717) is 10.5 Å². The molecule has 4 rings (SSSR count). The number of rotatable bonds is 2. The van der Waals surface area contributed by atoms with Crippen LogP contribution in [0.3, 0.4) is 0 Å². The van der Waals surface area contributed by atoms with Gasteiger partial charge in [-0.15, -0.1) is 0 Å². The number of primary amides is 1. The molecule has 1 amide bonds. The van der Waals surface area contributed by atoms with Crippen molar-refractivity contribution in [3.05, 3.63) is 46.2 Å². The normalized spacial score (nSPS) is 34.4. The largest absolute Gasteiger partial charge is 0.508 e. The summed E-state index contributed by atoms with van der Waals surface area (Å²) < 4.78 is 0. The maximum Gasteiger partial charge on any atom is 0.256 e. The third-order valence-corrected chi connectivity index (χ3v) is 7.09. The van der Waals surface area contributed by atoms with E-state index >= 15 is 0 Å². The number of carbonyl (C=O) groups is 3. The minimum Gasteiger partial charge on any atom is -0.508 e. The maximum atomic E-state index is 13.7. The fraction of sp³-hybridized carbons (Fsp3) is 0.409. The maximum absolute atomic E-state index is 13.7. The molecule has 0 aromatic heterocycles. The number of aliphatic hydroxyl groups excluding tert-OH is 3. The molecule has 170 valence electrons. The Morgan fingerprint density at radius 1 is 1.16 bits per heavy atom. The summed E-state index contributed by atoms with van der Waals surface area (Å²) >= 11 is 0. The van der Waals surface area contributed by atoms with E-state index in [-0.39, 0.29) is 11.3 Å². The van der Waals surface area contributed by atoms with Gasteiger partial charge < -0.3 is 36.2 Å². The molecule has 0 aliphatic heterocycles. The van der Waals surface area contributed by atoms with Gasteiger partial charge in [0.05, 0.1) is 31.7 Å². The Kier molecular flexibility index (Phi) is 4.74. The molecule has 10 heteroatoms. The van der Waals surface area contributed by atoms with E-state index < -0.39 is 75.6 Å². The lowest BCUT2D eigenvalue weighted by Gasteiger charge is -2.52. The number of nitrogens with two attached hydrogens (primary N) is 1. The van der Waals surface area contributed by atoms with E-state index in [9.17, 15) is 39.9 Å². The fourth-order valence-electron chi connectivity index (χ4n) is 5.67. The van der Waals surface area contributed by atoms with Crippen LogP contribution in [-0.2, 0) is 14.4 Å². The van der Waals surface area contributed by atoms with Crippen molar-refractivity contribution in [3.63, 3.8) is 0 Å².